The molecule has 0 aliphatic heterocycles. The molecule has 0 fully saturated rings. The van der Waals surface area contributed by atoms with Crippen LogP contribution in [0, 0.1) is 22.2 Å². The lowest BCUT2D eigenvalue weighted by molar-refractivity contribution is -0.0829. The Kier molecular flexibility index (Phi) is 5.10. The summed E-state index contributed by atoms with van der Waals surface area (Å²) in [7, 11) is 0. The van der Waals surface area contributed by atoms with E-state index in [9.17, 15) is 0 Å². The normalized spacial score (nSPS) is 14.6. The lowest BCUT2D eigenvalue weighted by Crippen LogP contribution is -2.50. The van der Waals surface area contributed by atoms with E-state index < -0.39 is 0 Å². The average molecular weight is 226 g/mol. The Labute approximate surface area is 104 Å². The van der Waals surface area contributed by atoms with Crippen LogP contribution in [0.3, 0.4) is 0 Å². The van der Waals surface area contributed by atoms with Crippen LogP contribution in [0.15, 0.2) is 0 Å². The minimum absolute atomic E-state index is 0.370. The summed E-state index contributed by atoms with van der Waals surface area (Å²) in [6.45, 7) is 21.7. The molecule has 0 aliphatic carbocycles. The summed E-state index contributed by atoms with van der Waals surface area (Å²) in [6.07, 6.45) is 4.02. The maximum absolute atomic E-state index is 2.42. The second-order valence-electron chi connectivity index (χ2n) is 7.73. The van der Waals surface area contributed by atoms with Crippen LogP contribution in [0.25, 0.3) is 0 Å². The Morgan fingerprint density at radius 3 is 1.38 bits per heavy atom. The van der Waals surface area contributed by atoms with Gasteiger partial charge in [-0.3, -0.25) is 0 Å². The Morgan fingerprint density at radius 2 is 1.19 bits per heavy atom. The zero-order valence-electron chi connectivity index (χ0n) is 13.2. The fraction of sp³-hybridized carbons (Fsp3) is 1.00. The maximum Gasteiger partial charge on any atom is -0.0177 e. The van der Waals surface area contributed by atoms with Gasteiger partial charge in [0.05, 0.1) is 0 Å². The van der Waals surface area contributed by atoms with E-state index in [-0.39, 0.29) is 0 Å². The van der Waals surface area contributed by atoms with Gasteiger partial charge in [0, 0.05) is 0 Å². The van der Waals surface area contributed by atoms with E-state index in [4.69, 9.17) is 0 Å². The van der Waals surface area contributed by atoms with Crippen LogP contribution in [0.2, 0.25) is 0 Å². The molecular weight excluding hydrogens is 192 g/mol. The van der Waals surface area contributed by atoms with Crippen LogP contribution in [-0.4, -0.2) is 0 Å². The molecule has 0 bridgehead atoms. The van der Waals surface area contributed by atoms with E-state index in [1.54, 1.807) is 0 Å². The highest BCUT2D eigenvalue weighted by Crippen LogP contribution is 2.59. The minimum Gasteiger partial charge on any atom is -0.0654 e. The Balaban J connectivity index is 5.42. The van der Waals surface area contributed by atoms with E-state index in [2.05, 4.69) is 62.3 Å². The first-order chi connectivity index (χ1) is 7.00. The standard InChI is InChI=1S/C16H34/c1-10-11-12-16(13(2)3,14(4,5)6)15(7,8)9/h13H,10-12H2,1-9H3. The molecule has 0 amide bonds. The van der Waals surface area contributed by atoms with Crippen molar-refractivity contribution in [3.8, 4) is 0 Å². The number of rotatable bonds is 4. The molecule has 98 valence electrons. The molecule has 0 heterocycles. The van der Waals surface area contributed by atoms with Crippen molar-refractivity contribution in [3.63, 3.8) is 0 Å². The molecule has 0 rings (SSSR count). The van der Waals surface area contributed by atoms with Gasteiger partial charge in [-0.25, -0.2) is 0 Å². The second-order valence-corrected chi connectivity index (χ2v) is 7.73. The lowest BCUT2D eigenvalue weighted by Gasteiger charge is -2.57. The summed E-state index contributed by atoms with van der Waals surface area (Å²) >= 11 is 0. The molecule has 0 atom stereocenters. The summed E-state index contributed by atoms with van der Waals surface area (Å²) < 4.78 is 0. The van der Waals surface area contributed by atoms with Crippen molar-refractivity contribution >= 4 is 0 Å². The fourth-order valence-corrected chi connectivity index (χ4v) is 4.35. The first-order valence-corrected chi connectivity index (χ1v) is 7.00. The van der Waals surface area contributed by atoms with Gasteiger partial charge in [0.2, 0.25) is 0 Å². The molecule has 0 aromatic carbocycles. The van der Waals surface area contributed by atoms with Gasteiger partial charge in [0.1, 0.15) is 0 Å². The molecular formula is C16H34. The van der Waals surface area contributed by atoms with Crippen LogP contribution >= 0.6 is 0 Å². The zero-order chi connectivity index (χ0) is 13.2. The van der Waals surface area contributed by atoms with E-state index in [1.807, 2.05) is 0 Å². The van der Waals surface area contributed by atoms with Crippen molar-refractivity contribution in [3.05, 3.63) is 0 Å². The van der Waals surface area contributed by atoms with E-state index in [0.717, 1.165) is 5.92 Å². The third-order valence-corrected chi connectivity index (χ3v) is 4.59. The SMILES string of the molecule is CCCCC(C(C)C)(C(C)(C)C)C(C)(C)C. The van der Waals surface area contributed by atoms with E-state index in [1.165, 1.54) is 19.3 Å². The summed E-state index contributed by atoms with van der Waals surface area (Å²) in [5.74, 6) is 0.735. The average Bonchev–Trinajstić information content (AvgIpc) is 1.99. The largest absolute Gasteiger partial charge is 0.0654 e. The van der Waals surface area contributed by atoms with Crippen molar-refractivity contribution in [1.82, 2.24) is 0 Å². The van der Waals surface area contributed by atoms with Crippen LogP contribution < -0.4 is 0 Å². The molecule has 0 saturated heterocycles. The lowest BCUT2D eigenvalue weighted by atomic mass is 9.48. The first-order valence-electron chi connectivity index (χ1n) is 7.00. The second kappa shape index (κ2) is 5.10. The molecule has 0 unspecified atom stereocenters. The quantitative estimate of drug-likeness (QED) is 0.559. The summed E-state index contributed by atoms with van der Waals surface area (Å²) in [6, 6.07) is 0. The molecule has 0 aromatic rings. The van der Waals surface area contributed by atoms with E-state index >= 15 is 0 Å². The first kappa shape index (κ1) is 16.0. The smallest absolute Gasteiger partial charge is 0.0177 e. The highest BCUT2D eigenvalue weighted by Gasteiger charge is 2.51. The van der Waals surface area contributed by atoms with Gasteiger partial charge in [-0.15, -0.1) is 0 Å². The Bertz CT molecular complexity index is 183. The van der Waals surface area contributed by atoms with Gasteiger partial charge in [-0.1, -0.05) is 75.2 Å². The van der Waals surface area contributed by atoms with Crippen LogP contribution in [0.4, 0.5) is 0 Å². The summed E-state index contributed by atoms with van der Waals surface area (Å²) in [5.41, 5.74) is 1.17. The highest BCUT2D eigenvalue weighted by atomic mass is 14.6. The van der Waals surface area contributed by atoms with Gasteiger partial charge in [0.25, 0.3) is 0 Å². The topological polar surface area (TPSA) is 0 Å². The third-order valence-electron chi connectivity index (χ3n) is 4.59. The molecule has 0 aliphatic rings. The molecule has 16 heavy (non-hydrogen) atoms. The van der Waals surface area contributed by atoms with E-state index in [0.29, 0.717) is 16.2 Å². The van der Waals surface area contributed by atoms with Gasteiger partial charge in [-0.05, 0) is 28.6 Å². The molecule has 0 aromatic heterocycles. The molecule has 0 heteroatoms. The predicted molar refractivity (Wildman–Crippen MR) is 75.7 cm³/mol. The summed E-state index contributed by atoms with van der Waals surface area (Å²) in [4.78, 5) is 0. The van der Waals surface area contributed by atoms with Crippen molar-refractivity contribution in [2.45, 2.75) is 81.6 Å². The maximum atomic E-state index is 2.42. The third kappa shape index (κ3) is 2.81. The Hall–Kier alpha value is 0. The van der Waals surface area contributed by atoms with Crippen molar-refractivity contribution in [2.24, 2.45) is 22.2 Å². The fourth-order valence-electron chi connectivity index (χ4n) is 4.35. The monoisotopic (exact) mass is 226 g/mol. The van der Waals surface area contributed by atoms with Crippen LogP contribution in [0.1, 0.15) is 81.6 Å². The van der Waals surface area contributed by atoms with Crippen LogP contribution in [0.5, 0.6) is 0 Å². The van der Waals surface area contributed by atoms with Gasteiger partial charge >= 0.3 is 0 Å². The number of hydrogen-bond donors (Lipinski definition) is 0. The van der Waals surface area contributed by atoms with Crippen molar-refractivity contribution in [2.75, 3.05) is 0 Å². The number of unbranched alkanes of at least 4 members (excludes halogenated alkanes) is 1. The van der Waals surface area contributed by atoms with Gasteiger partial charge < -0.3 is 0 Å². The van der Waals surface area contributed by atoms with Gasteiger partial charge in [0.15, 0.2) is 0 Å². The highest BCUT2D eigenvalue weighted by molar-refractivity contribution is 5.00. The molecule has 0 nitrogen and oxygen atoms in total. The molecule has 0 N–H and O–H groups in total. The van der Waals surface area contributed by atoms with Gasteiger partial charge in [-0.2, -0.15) is 0 Å². The molecule has 0 saturated carbocycles. The zero-order valence-corrected chi connectivity index (χ0v) is 13.2. The minimum atomic E-state index is 0.370. The predicted octanol–water partition coefficient (Wildman–Crippen LogP) is 5.91. The number of hydrogen-bond acceptors (Lipinski definition) is 0. The van der Waals surface area contributed by atoms with Crippen molar-refractivity contribution < 1.29 is 0 Å². The summed E-state index contributed by atoms with van der Waals surface area (Å²) in [5, 5.41) is 0. The Morgan fingerprint density at radius 1 is 0.812 bits per heavy atom. The molecule has 0 spiro atoms. The molecule has 0 radical (unpaired) electrons. The van der Waals surface area contributed by atoms with Crippen LogP contribution in [-0.2, 0) is 0 Å². The van der Waals surface area contributed by atoms with Crippen molar-refractivity contribution in [1.29, 1.82) is 0 Å².